The largest absolute Gasteiger partial charge is 0.497 e. The number of thioether (sulfide) groups is 1. The summed E-state index contributed by atoms with van der Waals surface area (Å²) in [5, 5.41) is -0.671. The number of carbonyl (C=O) groups is 1. The van der Waals surface area contributed by atoms with E-state index in [1.54, 1.807) is 43.1 Å². The molecule has 0 aliphatic carbocycles. The van der Waals surface area contributed by atoms with E-state index in [0.29, 0.717) is 5.56 Å². The number of hydrogen-bond acceptors (Lipinski definition) is 3. The lowest BCUT2D eigenvalue weighted by Crippen LogP contribution is -2.07. The van der Waals surface area contributed by atoms with Crippen molar-refractivity contribution < 1.29 is 9.53 Å². The fraction of sp³-hybridized carbons (Fsp3) is 0.188. The molecule has 2 rings (SSSR count). The first kappa shape index (κ1) is 14.9. The van der Waals surface area contributed by atoms with Crippen LogP contribution in [0.1, 0.15) is 21.3 Å². The minimum Gasteiger partial charge on any atom is -0.497 e. The van der Waals surface area contributed by atoms with Gasteiger partial charge in [0.05, 0.1) is 7.11 Å². The second-order valence-electron chi connectivity index (χ2n) is 4.23. The Labute approximate surface area is 128 Å². The van der Waals surface area contributed by atoms with Gasteiger partial charge >= 0.3 is 0 Å². The summed E-state index contributed by atoms with van der Waals surface area (Å²) in [7, 11) is 1.59. The van der Waals surface area contributed by atoms with Gasteiger partial charge in [-0.15, -0.1) is 23.4 Å². The highest BCUT2D eigenvalue weighted by Crippen LogP contribution is 2.28. The molecule has 0 amide bonds. The molecule has 0 heterocycles. The van der Waals surface area contributed by atoms with Gasteiger partial charge in [0.1, 0.15) is 11.1 Å². The van der Waals surface area contributed by atoms with Crippen molar-refractivity contribution in [2.24, 2.45) is 0 Å². The van der Waals surface area contributed by atoms with Crippen molar-refractivity contribution in [3.05, 3.63) is 59.7 Å². The van der Waals surface area contributed by atoms with Gasteiger partial charge in [0.15, 0.2) is 5.78 Å². The minimum atomic E-state index is -0.671. The van der Waals surface area contributed by atoms with Crippen LogP contribution in [0.25, 0.3) is 0 Å². The SMILES string of the molecule is COc1ccc(C(=O)C(Cl)c2cccc(SC)c2)cc1. The van der Waals surface area contributed by atoms with Gasteiger partial charge in [0.2, 0.25) is 0 Å². The van der Waals surface area contributed by atoms with E-state index < -0.39 is 5.38 Å². The Kier molecular flexibility index (Phi) is 5.10. The minimum absolute atomic E-state index is 0.104. The quantitative estimate of drug-likeness (QED) is 0.459. The molecule has 1 unspecified atom stereocenters. The molecular formula is C16H15ClO2S. The maximum absolute atomic E-state index is 12.4. The van der Waals surface area contributed by atoms with E-state index in [1.165, 1.54) is 0 Å². The van der Waals surface area contributed by atoms with Crippen molar-refractivity contribution in [1.29, 1.82) is 0 Å². The van der Waals surface area contributed by atoms with E-state index in [9.17, 15) is 4.79 Å². The number of alkyl halides is 1. The molecule has 0 bridgehead atoms. The molecule has 2 nitrogen and oxygen atoms in total. The number of benzene rings is 2. The zero-order chi connectivity index (χ0) is 14.5. The van der Waals surface area contributed by atoms with Crippen LogP contribution in [0.5, 0.6) is 5.75 Å². The van der Waals surface area contributed by atoms with Gasteiger partial charge in [0.25, 0.3) is 0 Å². The monoisotopic (exact) mass is 306 g/mol. The van der Waals surface area contributed by atoms with E-state index in [-0.39, 0.29) is 5.78 Å². The van der Waals surface area contributed by atoms with Crippen molar-refractivity contribution >= 4 is 29.1 Å². The van der Waals surface area contributed by atoms with Gasteiger partial charge in [-0.2, -0.15) is 0 Å². The van der Waals surface area contributed by atoms with E-state index >= 15 is 0 Å². The first-order chi connectivity index (χ1) is 9.65. The van der Waals surface area contributed by atoms with Gasteiger partial charge < -0.3 is 4.74 Å². The molecule has 4 heteroatoms. The van der Waals surface area contributed by atoms with Crippen LogP contribution < -0.4 is 4.74 Å². The summed E-state index contributed by atoms with van der Waals surface area (Å²) in [5.41, 5.74) is 1.40. The predicted octanol–water partition coefficient (Wildman–Crippen LogP) is 4.58. The number of methoxy groups -OCH3 is 1. The molecule has 0 N–H and O–H groups in total. The molecule has 0 radical (unpaired) electrons. The molecule has 0 aliphatic rings. The molecule has 2 aromatic rings. The second-order valence-corrected chi connectivity index (χ2v) is 5.55. The van der Waals surface area contributed by atoms with Gasteiger partial charge in [-0.3, -0.25) is 4.79 Å². The summed E-state index contributed by atoms with van der Waals surface area (Å²) in [6, 6.07) is 14.7. The van der Waals surface area contributed by atoms with Crippen LogP contribution in [0.15, 0.2) is 53.4 Å². The number of ether oxygens (including phenoxy) is 1. The first-order valence-electron chi connectivity index (χ1n) is 6.12. The van der Waals surface area contributed by atoms with E-state index in [0.717, 1.165) is 16.2 Å². The Morgan fingerprint density at radius 1 is 1.20 bits per heavy atom. The van der Waals surface area contributed by atoms with Crippen molar-refractivity contribution in [3.63, 3.8) is 0 Å². The molecular weight excluding hydrogens is 292 g/mol. The predicted molar refractivity (Wildman–Crippen MR) is 84.1 cm³/mol. The summed E-state index contributed by atoms with van der Waals surface area (Å²) >= 11 is 7.93. The molecule has 0 saturated carbocycles. The van der Waals surface area contributed by atoms with Crippen LogP contribution in [0.2, 0.25) is 0 Å². The zero-order valence-corrected chi connectivity index (χ0v) is 12.9. The highest BCUT2D eigenvalue weighted by atomic mass is 35.5. The summed E-state index contributed by atoms with van der Waals surface area (Å²) in [6.07, 6.45) is 1.99. The van der Waals surface area contributed by atoms with Crippen LogP contribution in [-0.2, 0) is 0 Å². The van der Waals surface area contributed by atoms with Crippen LogP contribution in [0.3, 0.4) is 0 Å². The molecule has 0 aromatic heterocycles. The fourth-order valence-electron chi connectivity index (χ4n) is 1.85. The summed E-state index contributed by atoms with van der Waals surface area (Å²) in [5.74, 6) is 0.615. The Hall–Kier alpha value is -1.45. The maximum atomic E-state index is 12.4. The molecule has 0 spiro atoms. The maximum Gasteiger partial charge on any atom is 0.185 e. The Bertz CT molecular complexity index is 596. The average molecular weight is 307 g/mol. The number of ketones is 1. The Balaban J connectivity index is 2.22. The Morgan fingerprint density at radius 3 is 2.50 bits per heavy atom. The van der Waals surface area contributed by atoms with Crippen LogP contribution in [-0.4, -0.2) is 19.1 Å². The lowest BCUT2D eigenvalue weighted by molar-refractivity contribution is 0.0987. The van der Waals surface area contributed by atoms with E-state index in [2.05, 4.69) is 0 Å². The highest BCUT2D eigenvalue weighted by Gasteiger charge is 2.19. The third kappa shape index (κ3) is 3.35. The topological polar surface area (TPSA) is 26.3 Å². The zero-order valence-electron chi connectivity index (χ0n) is 11.3. The van der Waals surface area contributed by atoms with Crippen molar-refractivity contribution in [2.75, 3.05) is 13.4 Å². The van der Waals surface area contributed by atoms with Crippen LogP contribution in [0.4, 0.5) is 0 Å². The summed E-state index contributed by atoms with van der Waals surface area (Å²) in [4.78, 5) is 13.5. The smallest absolute Gasteiger partial charge is 0.185 e. The normalized spacial score (nSPS) is 11.9. The first-order valence-corrected chi connectivity index (χ1v) is 7.78. The van der Waals surface area contributed by atoms with E-state index in [4.69, 9.17) is 16.3 Å². The van der Waals surface area contributed by atoms with Gasteiger partial charge in [-0.05, 0) is 48.2 Å². The number of hydrogen-bond donors (Lipinski definition) is 0. The fourth-order valence-corrected chi connectivity index (χ4v) is 2.58. The van der Waals surface area contributed by atoms with Gasteiger partial charge in [0, 0.05) is 10.5 Å². The third-order valence-corrected chi connectivity index (χ3v) is 4.17. The van der Waals surface area contributed by atoms with Crippen molar-refractivity contribution in [2.45, 2.75) is 10.3 Å². The van der Waals surface area contributed by atoms with Crippen LogP contribution in [0, 0.1) is 0 Å². The summed E-state index contributed by atoms with van der Waals surface area (Å²) < 4.78 is 5.08. The number of carbonyl (C=O) groups excluding carboxylic acids is 1. The van der Waals surface area contributed by atoms with Crippen LogP contribution >= 0.6 is 23.4 Å². The molecule has 1 atom stereocenters. The Morgan fingerprint density at radius 2 is 1.90 bits per heavy atom. The molecule has 20 heavy (non-hydrogen) atoms. The van der Waals surface area contributed by atoms with E-state index in [1.807, 2.05) is 30.5 Å². The lowest BCUT2D eigenvalue weighted by Gasteiger charge is -2.10. The third-order valence-electron chi connectivity index (χ3n) is 2.99. The van der Waals surface area contributed by atoms with Gasteiger partial charge in [-0.25, -0.2) is 0 Å². The van der Waals surface area contributed by atoms with Gasteiger partial charge in [-0.1, -0.05) is 12.1 Å². The molecule has 104 valence electrons. The number of rotatable bonds is 5. The molecule has 2 aromatic carbocycles. The van der Waals surface area contributed by atoms with Crippen molar-refractivity contribution in [1.82, 2.24) is 0 Å². The lowest BCUT2D eigenvalue weighted by atomic mass is 10.0. The average Bonchev–Trinajstić information content (AvgIpc) is 2.53. The van der Waals surface area contributed by atoms with Crippen molar-refractivity contribution in [3.8, 4) is 5.75 Å². The molecule has 0 fully saturated rings. The molecule has 0 aliphatic heterocycles. The molecule has 0 saturated heterocycles. The number of Topliss-reactive ketones (excluding diaryl/α,β-unsaturated/α-hetero) is 1. The second kappa shape index (κ2) is 6.82. The highest BCUT2D eigenvalue weighted by molar-refractivity contribution is 7.98. The number of halogens is 1. The summed E-state index contributed by atoms with van der Waals surface area (Å²) in [6.45, 7) is 0. The standard InChI is InChI=1S/C16H15ClO2S/c1-19-13-8-6-11(7-9-13)16(18)15(17)12-4-3-5-14(10-12)20-2/h3-10,15H,1-2H3.